The maximum Gasteiger partial charge on any atom is 0.243 e. The molecule has 0 saturated carbocycles. The Morgan fingerprint density at radius 3 is 2.50 bits per heavy atom. The fraction of sp³-hybridized carbons (Fsp3) is 0.182. The van der Waals surface area contributed by atoms with Crippen molar-refractivity contribution in [3.8, 4) is 5.75 Å². The summed E-state index contributed by atoms with van der Waals surface area (Å²) in [4.78, 5) is 15.6. The topological polar surface area (TPSA) is 57.0 Å². The Morgan fingerprint density at radius 2 is 2.00 bits per heavy atom. The molecule has 0 fully saturated rings. The zero-order valence-electron chi connectivity index (χ0n) is 9.43. The second-order valence-electron chi connectivity index (χ2n) is 3.46. The summed E-state index contributed by atoms with van der Waals surface area (Å²) >= 11 is 11.3. The molecule has 0 saturated heterocycles. The van der Waals surface area contributed by atoms with Crippen molar-refractivity contribution in [1.29, 1.82) is 0 Å². The molecular formula is C11H9Cl2N3O2. The van der Waals surface area contributed by atoms with Crippen LogP contribution in [-0.4, -0.2) is 27.7 Å². The first-order valence-corrected chi connectivity index (χ1v) is 5.79. The second kappa shape index (κ2) is 5.37. The highest BCUT2D eigenvalue weighted by Crippen LogP contribution is 2.14. The van der Waals surface area contributed by atoms with Crippen molar-refractivity contribution in [2.24, 2.45) is 0 Å². The normalized spacial score (nSPS) is 10.4. The van der Waals surface area contributed by atoms with E-state index in [1.807, 2.05) is 0 Å². The number of Topliss-reactive ketones (excluding diaryl/α,β-unsaturated/α-hetero) is 1. The van der Waals surface area contributed by atoms with Gasteiger partial charge in [-0.25, -0.2) is 4.68 Å². The fourth-order valence-electron chi connectivity index (χ4n) is 1.40. The van der Waals surface area contributed by atoms with Crippen LogP contribution in [0.25, 0.3) is 0 Å². The summed E-state index contributed by atoms with van der Waals surface area (Å²) in [7, 11) is 1.56. The molecule has 0 bridgehead atoms. The van der Waals surface area contributed by atoms with Gasteiger partial charge in [-0.2, -0.15) is 4.98 Å². The van der Waals surface area contributed by atoms with Crippen molar-refractivity contribution in [1.82, 2.24) is 14.8 Å². The Balaban J connectivity index is 2.14. The molecule has 0 atom stereocenters. The van der Waals surface area contributed by atoms with E-state index in [4.69, 9.17) is 27.9 Å². The first-order valence-electron chi connectivity index (χ1n) is 5.03. The SMILES string of the molecule is COc1ccc(C(=O)Cn2nc(Cl)nc2Cl)cc1. The van der Waals surface area contributed by atoms with Gasteiger partial charge in [0.05, 0.1) is 7.11 Å². The van der Waals surface area contributed by atoms with Crippen molar-refractivity contribution < 1.29 is 9.53 Å². The maximum atomic E-state index is 11.9. The van der Waals surface area contributed by atoms with Gasteiger partial charge in [0.25, 0.3) is 0 Å². The van der Waals surface area contributed by atoms with E-state index < -0.39 is 0 Å². The maximum absolute atomic E-state index is 11.9. The van der Waals surface area contributed by atoms with E-state index in [1.165, 1.54) is 4.68 Å². The number of carbonyl (C=O) groups is 1. The van der Waals surface area contributed by atoms with Crippen LogP contribution in [0.1, 0.15) is 10.4 Å². The average molecular weight is 286 g/mol. The third-order valence-corrected chi connectivity index (χ3v) is 2.75. The van der Waals surface area contributed by atoms with Gasteiger partial charge < -0.3 is 4.74 Å². The highest BCUT2D eigenvalue weighted by atomic mass is 35.5. The summed E-state index contributed by atoms with van der Waals surface area (Å²) in [6.45, 7) is -0.00905. The first-order chi connectivity index (χ1) is 8.60. The molecule has 18 heavy (non-hydrogen) atoms. The van der Waals surface area contributed by atoms with Crippen LogP contribution in [0.3, 0.4) is 0 Å². The summed E-state index contributed by atoms with van der Waals surface area (Å²) in [6.07, 6.45) is 0. The van der Waals surface area contributed by atoms with Gasteiger partial charge in [0.2, 0.25) is 10.6 Å². The molecule has 2 rings (SSSR count). The highest BCUT2D eigenvalue weighted by Gasteiger charge is 2.12. The van der Waals surface area contributed by atoms with Gasteiger partial charge in [-0.1, -0.05) is 0 Å². The Morgan fingerprint density at radius 1 is 1.33 bits per heavy atom. The van der Waals surface area contributed by atoms with Crippen molar-refractivity contribution in [3.63, 3.8) is 0 Å². The number of aromatic nitrogens is 3. The number of hydrogen-bond donors (Lipinski definition) is 0. The van der Waals surface area contributed by atoms with E-state index in [2.05, 4.69) is 10.1 Å². The number of benzene rings is 1. The molecule has 0 spiro atoms. The van der Waals surface area contributed by atoms with Gasteiger partial charge in [0, 0.05) is 5.56 Å². The molecule has 1 heterocycles. The quantitative estimate of drug-likeness (QED) is 0.810. The van der Waals surface area contributed by atoms with Crippen LogP contribution in [-0.2, 0) is 6.54 Å². The van der Waals surface area contributed by atoms with E-state index in [1.54, 1.807) is 31.4 Å². The minimum atomic E-state index is -0.138. The van der Waals surface area contributed by atoms with Crippen LogP contribution in [0, 0.1) is 0 Å². The third kappa shape index (κ3) is 2.80. The summed E-state index contributed by atoms with van der Waals surface area (Å²) in [5.41, 5.74) is 0.540. The lowest BCUT2D eigenvalue weighted by atomic mass is 10.1. The first kappa shape index (κ1) is 12.9. The minimum Gasteiger partial charge on any atom is -0.497 e. The summed E-state index contributed by atoms with van der Waals surface area (Å²) < 4.78 is 6.26. The lowest BCUT2D eigenvalue weighted by molar-refractivity contribution is 0.0967. The van der Waals surface area contributed by atoms with Gasteiger partial charge in [-0.15, -0.1) is 5.10 Å². The molecule has 5 nitrogen and oxygen atoms in total. The number of ether oxygens (including phenoxy) is 1. The van der Waals surface area contributed by atoms with Crippen LogP contribution in [0.2, 0.25) is 10.6 Å². The molecule has 0 radical (unpaired) electrons. The smallest absolute Gasteiger partial charge is 0.243 e. The highest BCUT2D eigenvalue weighted by molar-refractivity contribution is 6.31. The van der Waals surface area contributed by atoms with Gasteiger partial charge >= 0.3 is 0 Å². The van der Waals surface area contributed by atoms with E-state index in [-0.39, 0.29) is 22.9 Å². The number of hydrogen-bond acceptors (Lipinski definition) is 4. The van der Waals surface area contributed by atoms with Gasteiger partial charge in [0.15, 0.2) is 5.78 Å². The Labute approximate surface area is 113 Å². The van der Waals surface area contributed by atoms with E-state index >= 15 is 0 Å². The van der Waals surface area contributed by atoms with Crippen LogP contribution in [0.4, 0.5) is 0 Å². The molecular weight excluding hydrogens is 277 g/mol. The molecule has 7 heteroatoms. The fourth-order valence-corrected chi connectivity index (χ4v) is 1.79. The van der Waals surface area contributed by atoms with E-state index in [0.717, 1.165) is 0 Å². The molecule has 2 aromatic rings. The summed E-state index contributed by atoms with van der Waals surface area (Å²) in [6, 6.07) is 6.77. The predicted octanol–water partition coefficient (Wildman–Crippen LogP) is 2.48. The van der Waals surface area contributed by atoms with Crippen molar-refractivity contribution in [2.45, 2.75) is 6.54 Å². The van der Waals surface area contributed by atoms with Crippen LogP contribution in [0.5, 0.6) is 5.75 Å². The Kier molecular flexibility index (Phi) is 3.84. The molecule has 0 aliphatic carbocycles. The van der Waals surface area contributed by atoms with Crippen molar-refractivity contribution in [2.75, 3.05) is 7.11 Å². The number of ketones is 1. The van der Waals surface area contributed by atoms with E-state index in [9.17, 15) is 4.79 Å². The standard InChI is InChI=1S/C11H9Cl2N3O2/c1-18-8-4-2-7(3-5-8)9(17)6-16-11(13)14-10(12)15-16/h2-5H,6H2,1H3. The molecule has 0 unspecified atom stereocenters. The lowest BCUT2D eigenvalue weighted by Gasteiger charge is -2.03. The minimum absolute atomic E-state index is 0.00905. The van der Waals surface area contributed by atoms with Crippen molar-refractivity contribution >= 4 is 29.0 Å². The number of rotatable bonds is 4. The van der Waals surface area contributed by atoms with Gasteiger partial charge in [-0.05, 0) is 47.5 Å². The number of halogens is 2. The van der Waals surface area contributed by atoms with E-state index in [0.29, 0.717) is 11.3 Å². The predicted molar refractivity (Wildman–Crippen MR) is 67.4 cm³/mol. The zero-order valence-corrected chi connectivity index (χ0v) is 10.9. The van der Waals surface area contributed by atoms with Crippen LogP contribution >= 0.6 is 23.2 Å². The largest absolute Gasteiger partial charge is 0.497 e. The Bertz CT molecular complexity index is 566. The molecule has 0 amide bonds. The second-order valence-corrected chi connectivity index (χ2v) is 4.14. The molecule has 1 aromatic carbocycles. The number of carbonyl (C=O) groups excluding carboxylic acids is 1. The average Bonchev–Trinajstić information content (AvgIpc) is 2.68. The molecule has 0 N–H and O–H groups in total. The zero-order chi connectivity index (χ0) is 13.1. The molecule has 94 valence electrons. The number of methoxy groups -OCH3 is 1. The van der Waals surface area contributed by atoms with Crippen LogP contribution in [0.15, 0.2) is 24.3 Å². The third-order valence-electron chi connectivity index (χ3n) is 2.31. The molecule has 0 aliphatic heterocycles. The van der Waals surface area contributed by atoms with Gasteiger partial charge in [-0.3, -0.25) is 4.79 Å². The van der Waals surface area contributed by atoms with Crippen molar-refractivity contribution in [3.05, 3.63) is 40.4 Å². The lowest BCUT2D eigenvalue weighted by Crippen LogP contribution is -2.11. The monoisotopic (exact) mass is 285 g/mol. The summed E-state index contributed by atoms with van der Waals surface area (Å²) in [5.74, 6) is 0.550. The Hall–Kier alpha value is -1.59. The molecule has 1 aromatic heterocycles. The van der Waals surface area contributed by atoms with Gasteiger partial charge in [0.1, 0.15) is 12.3 Å². The summed E-state index contributed by atoms with van der Waals surface area (Å²) in [5, 5.41) is 3.90. The number of nitrogens with zero attached hydrogens (tertiary/aromatic N) is 3. The van der Waals surface area contributed by atoms with Crippen LogP contribution < -0.4 is 4.74 Å². The molecule has 0 aliphatic rings.